The summed E-state index contributed by atoms with van der Waals surface area (Å²) in [7, 11) is 1.18. The second-order valence-corrected chi connectivity index (χ2v) is 22.1. The number of nitrogens with zero attached hydrogens (tertiary/aromatic N) is 1. The molecule has 0 amide bonds. The van der Waals surface area contributed by atoms with E-state index in [0.29, 0.717) is 17.4 Å². The summed E-state index contributed by atoms with van der Waals surface area (Å²) in [4.78, 5) is 37.7. The Kier molecular flexibility index (Phi) is 48.4. The van der Waals surface area contributed by atoms with Crippen molar-refractivity contribution in [2.24, 2.45) is 0 Å². The SMILES string of the molecule is CCCCCCC/C=C\C/C=C\CCCCCCCCCCCCCCCCCCCCCC(=O)OC(COC(=O)CCCCCCCCCCCCCC)COP(=O)([O-])OCC[N+](C)(C)C. The average molecular weight is 968 g/mol. The van der Waals surface area contributed by atoms with Crippen molar-refractivity contribution < 1.29 is 42.1 Å². The van der Waals surface area contributed by atoms with Crippen LogP contribution in [0.4, 0.5) is 0 Å². The highest BCUT2D eigenvalue weighted by Gasteiger charge is 2.22. The van der Waals surface area contributed by atoms with Crippen LogP contribution in [0, 0.1) is 0 Å². The summed E-state index contributed by atoms with van der Waals surface area (Å²) < 4.78 is 34.1. The van der Waals surface area contributed by atoms with Crippen molar-refractivity contribution >= 4 is 19.8 Å². The highest BCUT2D eigenvalue weighted by Crippen LogP contribution is 2.38. The van der Waals surface area contributed by atoms with E-state index >= 15 is 0 Å². The lowest BCUT2D eigenvalue weighted by atomic mass is 10.0. The number of ether oxygens (including phenoxy) is 2. The van der Waals surface area contributed by atoms with Gasteiger partial charge in [0.1, 0.15) is 19.8 Å². The van der Waals surface area contributed by atoms with Crippen molar-refractivity contribution in [1.29, 1.82) is 0 Å². The lowest BCUT2D eigenvalue weighted by Crippen LogP contribution is -2.37. The van der Waals surface area contributed by atoms with Crippen molar-refractivity contribution in [2.75, 3.05) is 47.5 Å². The fraction of sp³-hybridized carbons (Fsp3) is 0.895. The Morgan fingerprint density at radius 3 is 1.18 bits per heavy atom. The van der Waals surface area contributed by atoms with Crippen molar-refractivity contribution in [1.82, 2.24) is 0 Å². The zero-order valence-electron chi connectivity index (χ0n) is 44.9. The minimum atomic E-state index is -4.62. The summed E-state index contributed by atoms with van der Waals surface area (Å²) in [6, 6.07) is 0. The van der Waals surface area contributed by atoms with Gasteiger partial charge in [-0.15, -0.1) is 0 Å². The Morgan fingerprint density at radius 2 is 0.806 bits per heavy atom. The van der Waals surface area contributed by atoms with Gasteiger partial charge >= 0.3 is 11.9 Å². The first-order valence-corrected chi connectivity index (χ1v) is 30.0. The number of likely N-dealkylation sites (N-methyl/N-ethyl adjacent to an activating group) is 1. The number of esters is 2. The number of rotatable bonds is 53. The second kappa shape index (κ2) is 49.5. The third-order valence-electron chi connectivity index (χ3n) is 12.7. The van der Waals surface area contributed by atoms with Gasteiger partial charge < -0.3 is 27.9 Å². The lowest BCUT2D eigenvalue weighted by molar-refractivity contribution is -0.870. The van der Waals surface area contributed by atoms with Crippen LogP contribution in [-0.2, 0) is 32.7 Å². The zero-order chi connectivity index (χ0) is 49.2. The molecule has 0 saturated carbocycles. The molecule has 9 nitrogen and oxygen atoms in total. The first-order chi connectivity index (χ1) is 32.5. The molecule has 10 heteroatoms. The smallest absolute Gasteiger partial charge is 0.306 e. The molecule has 0 rings (SSSR count). The summed E-state index contributed by atoms with van der Waals surface area (Å²) in [5.41, 5.74) is 0. The van der Waals surface area contributed by atoms with Gasteiger partial charge in [-0.2, -0.15) is 0 Å². The molecule has 0 heterocycles. The number of phosphoric ester groups is 1. The van der Waals surface area contributed by atoms with Gasteiger partial charge in [-0.05, 0) is 44.9 Å². The third kappa shape index (κ3) is 53.7. The van der Waals surface area contributed by atoms with Gasteiger partial charge in [-0.25, -0.2) is 0 Å². The number of carbonyl (C=O) groups excluding carboxylic acids is 2. The minimum Gasteiger partial charge on any atom is -0.756 e. The molecule has 0 fully saturated rings. The summed E-state index contributed by atoms with van der Waals surface area (Å²) in [6.45, 7) is 4.26. The topological polar surface area (TPSA) is 111 Å². The highest BCUT2D eigenvalue weighted by molar-refractivity contribution is 7.45. The van der Waals surface area contributed by atoms with Gasteiger partial charge in [0.25, 0.3) is 7.82 Å². The Bertz CT molecular complexity index is 1190. The number of carbonyl (C=O) groups is 2. The van der Waals surface area contributed by atoms with Crippen LogP contribution >= 0.6 is 7.82 Å². The van der Waals surface area contributed by atoms with E-state index in [1.807, 2.05) is 21.1 Å². The van der Waals surface area contributed by atoms with Gasteiger partial charge in [0.15, 0.2) is 6.10 Å². The van der Waals surface area contributed by atoms with E-state index in [4.69, 9.17) is 18.5 Å². The molecule has 0 aliphatic heterocycles. The minimum absolute atomic E-state index is 0.0273. The van der Waals surface area contributed by atoms with Crippen LogP contribution in [0.1, 0.15) is 277 Å². The van der Waals surface area contributed by atoms with Crippen molar-refractivity contribution in [3.05, 3.63) is 24.3 Å². The predicted molar refractivity (Wildman–Crippen MR) is 282 cm³/mol. The van der Waals surface area contributed by atoms with Gasteiger partial charge in [-0.1, -0.05) is 244 Å². The molecular formula is C57H110NO8P. The van der Waals surface area contributed by atoms with Crippen LogP contribution in [0.15, 0.2) is 24.3 Å². The van der Waals surface area contributed by atoms with Crippen LogP contribution in [0.5, 0.6) is 0 Å². The third-order valence-corrected chi connectivity index (χ3v) is 13.7. The molecule has 67 heavy (non-hydrogen) atoms. The summed E-state index contributed by atoms with van der Waals surface area (Å²) in [6.07, 6.45) is 58.1. The van der Waals surface area contributed by atoms with Crippen LogP contribution in [0.3, 0.4) is 0 Å². The summed E-state index contributed by atoms with van der Waals surface area (Å²) in [5.74, 6) is -0.819. The Balaban J connectivity index is 4.00. The predicted octanol–water partition coefficient (Wildman–Crippen LogP) is 16.8. The maximum atomic E-state index is 12.8. The molecule has 0 aromatic heterocycles. The van der Waals surface area contributed by atoms with E-state index in [1.165, 1.54) is 205 Å². The molecule has 0 bridgehead atoms. The molecule has 2 unspecified atom stereocenters. The molecule has 0 aromatic carbocycles. The lowest BCUT2D eigenvalue weighted by Gasteiger charge is -2.28. The Hall–Kier alpha value is -1.51. The number of unbranched alkanes of at least 4 members (excludes halogenated alkanes) is 35. The number of hydrogen-bond acceptors (Lipinski definition) is 8. The fourth-order valence-electron chi connectivity index (χ4n) is 8.28. The van der Waals surface area contributed by atoms with E-state index < -0.39 is 26.5 Å². The van der Waals surface area contributed by atoms with E-state index in [0.717, 1.165) is 38.5 Å². The van der Waals surface area contributed by atoms with Gasteiger partial charge in [0.05, 0.1) is 27.7 Å². The molecule has 0 N–H and O–H groups in total. The number of allylic oxidation sites excluding steroid dienone is 4. The van der Waals surface area contributed by atoms with Crippen LogP contribution in [-0.4, -0.2) is 70.0 Å². The second-order valence-electron chi connectivity index (χ2n) is 20.7. The van der Waals surface area contributed by atoms with Crippen molar-refractivity contribution in [3.8, 4) is 0 Å². The molecule has 0 aromatic rings. The van der Waals surface area contributed by atoms with E-state index in [-0.39, 0.29) is 32.0 Å². The van der Waals surface area contributed by atoms with Crippen LogP contribution < -0.4 is 4.89 Å². The average Bonchev–Trinajstić information content (AvgIpc) is 3.29. The monoisotopic (exact) mass is 968 g/mol. The molecule has 0 saturated heterocycles. The van der Waals surface area contributed by atoms with E-state index in [2.05, 4.69) is 38.2 Å². The van der Waals surface area contributed by atoms with Crippen LogP contribution in [0.25, 0.3) is 0 Å². The molecule has 0 radical (unpaired) electrons. The van der Waals surface area contributed by atoms with Gasteiger partial charge in [0, 0.05) is 12.8 Å². The number of quaternary nitrogens is 1. The Labute approximate surface area is 415 Å². The summed E-state index contributed by atoms with van der Waals surface area (Å²) in [5, 5.41) is 0. The van der Waals surface area contributed by atoms with Crippen molar-refractivity contribution in [3.63, 3.8) is 0 Å². The first kappa shape index (κ1) is 65.5. The standard InChI is InChI=1S/C57H110NO8P/c1-6-8-10-12-14-16-18-20-21-22-23-24-25-26-27-28-29-30-31-32-33-34-35-36-37-38-40-42-44-46-48-50-57(60)66-55(54-65-67(61,62)64-52-51-58(3,4)5)53-63-56(59)49-47-45-43-41-39-19-17-15-13-11-9-7-2/h18,20,22-23,55H,6-17,19,21,24-54H2,1-5H3/b20-18-,23-22-. The van der Waals surface area contributed by atoms with E-state index in [1.54, 1.807) is 0 Å². The molecule has 0 aliphatic carbocycles. The number of phosphoric acid groups is 1. The molecule has 396 valence electrons. The zero-order valence-corrected chi connectivity index (χ0v) is 45.8. The molecular weight excluding hydrogens is 858 g/mol. The van der Waals surface area contributed by atoms with E-state index in [9.17, 15) is 19.0 Å². The van der Waals surface area contributed by atoms with Crippen LogP contribution in [0.2, 0.25) is 0 Å². The van der Waals surface area contributed by atoms with Gasteiger partial charge in [-0.3, -0.25) is 14.2 Å². The Morgan fingerprint density at radius 1 is 0.463 bits per heavy atom. The molecule has 0 aliphatic rings. The normalized spacial score (nSPS) is 13.5. The maximum absolute atomic E-state index is 12.8. The van der Waals surface area contributed by atoms with Crippen molar-refractivity contribution in [2.45, 2.75) is 283 Å². The summed E-state index contributed by atoms with van der Waals surface area (Å²) >= 11 is 0. The highest BCUT2D eigenvalue weighted by atomic mass is 31.2. The molecule has 2 atom stereocenters. The van der Waals surface area contributed by atoms with Gasteiger partial charge in [0.2, 0.25) is 0 Å². The first-order valence-electron chi connectivity index (χ1n) is 28.5. The fourth-order valence-corrected chi connectivity index (χ4v) is 9.01. The number of hydrogen-bond donors (Lipinski definition) is 0. The molecule has 0 spiro atoms. The maximum Gasteiger partial charge on any atom is 0.306 e. The largest absolute Gasteiger partial charge is 0.756 e. The quantitative estimate of drug-likeness (QED) is 0.0195.